The number of nitrogens with zero attached hydrogens (tertiary/aromatic N) is 1. The summed E-state index contributed by atoms with van der Waals surface area (Å²) in [5, 5.41) is 6.05. The number of morpholine rings is 1. The summed E-state index contributed by atoms with van der Waals surface area (Å²) < 4.78 is 38.4. The second-order valence-corrected chi connectivity index (χ2v) is 12.7. The van der Waals surface area contributed by atoms with Gasteiger partial charge in [0.15, 0.2) is 5.44 Å². The quantitative estimate of drug-likeness (QED) is 0.422. The van der Waals surface area contributed by atoms with Gasteiger partial charge in [0.1, 0.15) is 11.5 Å². The van der Waals surface area contributed by atoms with Crippen molar-refractivity contribution in [1.29, 1.82) is 0 Å². The summed E-state index contributed by atoms with van der Waals surface area (Å²) in [7, 11) is -4.16. The lowest BCUT2D eigenvalue weighted by molar-refractivity contribution is -0.126. The molecule has 0 radical (unpaired) electrons. The van der Waals surface area contributed by atoms with Crippen LogP contribution in [0.4, 0.5) is 0 Å². The lowest BCUT2D eigenvalue weighted by Crippen LogP contribution is -2.49. The molecule has 0 aromatic heterocycles. The molecule has 0 bridgehead atoms. The average molecular weight is 605 g/mol. The highest BCUT2D eigenvalue weighted by atomic mass is 35.5. The zero-order valence-corrected chi connectivity index (χ0v) is 24.0. The fraction of sp³-hybridized carbons (Fsp3) is 0.500. The van der Waals surface area contributed by atoms with Crippen LogP contribution in [-0.2, 0) is 37.2 Å². The molecule has 0 aliphatic carbocycles. The van der Waals surface area contributed by atoms with Gasteiger partial charge in [0.2, 0.25) is 15.7 Å². The molecule has 2 saturated heterocycles. The van der Waals surface area contributed by atoms with Crippen LogP contribution in [0.5, 0.6) is 0 Å². The van der Waals surface area contributed by atoms with E-state index >= 15 is 0 Å². The third kappa shape index (κ3) is 7.82. The molecule has 38 heavy (non-hydrogen) atoms. The molecule has 4 rings (SSSR count). The van der Waals surface area contributed by atoms with E-state index < -0.39 is 33.8 Å². The average Bonchev–Trinajstić information content (AvgIpc) is 2.89. The van der Waals surface area contributed by atoms with Crippen LogP contribution in [0.2, 0.25) is 15.1 Å². The number of hydrogen-bond donors (Lipinski definition) is 2. The number of nitrogens with one attached hydrogen (secondary N) is 2. The van der Waals surface area contributed by atoms with Gasteiger partial charge in [0.25, 0.3) is 0 Å². The topological polar surface area (TPSA) is 97.0 Å². The first-order chi connectivity index (χ1) is 18.2. The first kappa shape index (κ1) is 29.6. The van der Waals surface area contributed by atoms with Crippen molar-refractivity contribution < 1.29 is 22.7 Å². The van der Waals surface area contributed by atoms with Crippen LogP contribution in [0.15, 0.2) is 41.3 Å². The van der Waals surface area contributed by atoms with E-state index in [2.05, 4.69) is 15.5 Å². The maximum absolute atomic E-state index is 13.6. The molecule has 2 atom stereocenters. The molecule has 2 N–H and O–H groups in total. The van der Waals surface area contributed by atoms with Crippen molar-refractivity contribution in [3.8, 4) is 0 Å². The van der Waals surface area contributed by atoms with E-state index in [1.54, 1.807) is 0 Å². The molecule has 0 saturated carbocycles. The summed E-state index contributed by atoms with van der Waals surface area (Å²) in [5.74, 6) is -0.424. The Kier molecular flexibility index (Phi) is 10.7. The second-order valence-electron chi connectivity index (χ2n) is 9.46. The number of piperidine rings is 1. The smallest absolute Gasteiger partial charge is 0.246 e. The Hall–Kier alpha value is -1.43. The van der Waals surface area contributed by atoms with Crippen molar-refractivity contribution in [2.45, 2.75) is 48.7 Å². The van der Waals surface area contributed by atoms with E-state index in [-0.39, 0.29) is 20.0 Å². The number of carbonyl (C=O) groups is 1. The molecule has 8 nitrogen and oxygen atoms in total. The van der Waals surface area contributed by atoms with Crippen LogP contribution in [0.3, 0.4) is 0 Å². The molecular formula is C26H32Cl3N3O5S. The number of ether oxygens (including phenoxy) is 2. The number of sulfone groups is 1. The van der Waals surface area contributed by atoms with E-state index in [0.717, 1.165) is 51.3 Å². The Bertz CT molecular complexity index is 1180. The number of benzene rings is 2. The van der Waals surface area contributed by atoms with Crippen LogP contribution < -0.4 is 10.6 Å². The normalized spacial score (nSPS) is 19.7. The molecule has 0 spiro atoms. The molecular weight excluding hydrogens is 573 g/mol. The van der Waals surface area contributed by atoms with Crippen LogP contribution in [0, 0.1) is 0 Å². The highest BCUT2D eigenvalue weighted by Gasteiger charge is 2.39. The molecule has 1 amide bonds. The summed E-state index contributed by atoms with van der Waals surface area (Å²) in [6.45, 7) is 4.72. The molecule has 2 heterocycles. The number of hydrogen-bond acceptors (Lipinski definition) is 7. The maximum Gasteiger partial charge on any atom is 0.246 e. The van der Waals surface area contributed by atoms with Crippen molar-refractivity contribution in [1.82, 2.24) is 15.5 Å². The Morgan fingerprint density at radius 2 is 1.74 bits per heavy atom. The van der Waals surface area contributed by atoms with E-state index in [4.69, 9.17) is 44.3 Å². The second kappa shape index (κ2) is 13.8. The van der Waals surface area contributed by atoms with Crippen molar-refractivity contribution >= 4 is 50.5 Å². The van der Waals surface area contributed by atoms with Crippen LogP contribution in [-0.4, -0.2) is 70.2 Å². The molecule has 2 aliphatic heterocycles. The molecule has 2 fully saturated rings. The van der Waals surface area contributed by atoms with Gasteiger partial charge >= 0.3 is 0 Å². The Labute approximate surface area is 238 Å². The maximum atomic E-state index is 13.6. The molecule has 208 valence electrons. The summed E-state index contributed by atoms with van der Waals surface area (Å²) in [5.41, 5.74) is 0.781. The first-order valence-electron chi connectivity index (χ1n) is 12.6. The molecule has 2 aromatic rings. The first-order valence-corrected chi connectivity index (χ1v) is 15.3. The summed E-state index contributed by atoms with van der Waals surface area (Å²) in [4.78, 5) is 14.7. The lowest BCUT2D eigenvalue weighted by Gasteiger charge is -2.31. The van der Waals surface area contributed by atoms with Crippen molar-refractivity contribution in [3.05, 3.63) is 62.6 Å². The van der Waals surface area contributed by atoms with Gasteiger partial charge in [-0.2, -0.15) is 0 Å². The zero-order valence-electron chi connectivity index (χ0n) is 20.9. The van der Waals surface area contributed by atoms with E-state index in [0.29, 0.717) is 19.5 Å². The summed E-state index contributed by atoms with van der Waals surface area (Å²) in [6, 6.07) is 10.2. The van der Waals surface area contributed by atoms with Crippen LogP contribution in [0.25, 0.3) is 0 Å². The minimum absolute atomic E-state index is 0.0894. The summed E-state index contributed by atoms with van der Waals surface area (Å²) in [6.07, 6.45) is 2.34. The molecule has 2 aliphatic rings. The Morgan fingerprint density at radius 3 is 2.37 bits per heavy atom. The van der Waals surface area contributed by atoms with Crippen LogP contribution >= 0.6 is 34.8 Å². The van der Waals surface area contributed by atoms with Crippen molar-refractivity contribution in [2.75, 3.05) is 39.5 Å². The number of halogens is 3. The highest BCUT2D eigenvalue weighted by molar-refractivity contribution is 7.92. The van der Waals surface area contributed by atoms with Gasteiger partial charge in [-0.05, 0) is 42.6 Å². The van der Waals surface area contributed by atoms with Gasteiger partial charge in [-0.3, -0.25) is 9.69 Å². The van der Waals surface area contributed by atoms with Crippen LogP contribution in [0.1, 0.15) is 30.4 Å². The molecule has 2 aromatic carbocycles. The van der Waals surface area contributed by atoms with E-state index in [1.807, 2.05) is 24.3 Å². The van der Waals surface area contributed by atoms with Gasteiger partial charge < -0.3 is 20.1 Å². The van der Waals surface area contributed by atoms with Gasteiger partial charge in [0.05, 0.1) is 23.3 Å². The van der Waals surface area contributed by atoms with Crippen molar-refractivity contribution in [3.63, 3.8) is 0 Å². The Morgan fingerprint density at radius 1 is 1.08 bits per heavy atom. The number of rotatable bonds is 10. The van der Waals surface area contributed by atoms with E-state index in [1.165, 1.54) is 17.7 Å². The highest BCUT2D eigenvalue weighted by Crippen LogP contribution is 2.36. The third-order valence-electron chi connectivity index (χ3n) is 6.63. The minimum Gasteiger partial charge on any atom is -0.379 e. The van der Waals surface area contributed by atoms with Crippen molar-refractivity contribution in [2.24, 2.45) is 0 Å². The van der Waals surface area contributed by atoms with E-state index in [9.17, 15) is 13.2 Å². The third-order valence-corrected chi connectivity index (χ3v) is 9.76. The number of carbonyl (C=O) groups excluding carboxylic acids is 1. The predicted octanol–water partition coefficient (Wildman–Crippen LogP) is 4.05. The van der Waals surface area contributed by atoms with Gasteiger partial charge in [-0.1, -0.05) is 65.5 Å². The van der Waals surface area contributed by atoms with Gasteiger partial charge in [0, 0.05) is 37.2 Å². The minimum atomic E-state index is -4.16. The fourth-order valence-electron chi connectivity index (χ4n) is 4.64. The SMILES string of the molecule is O=C(COC(C1CCCCN1)S(=O)(=O)c1c(Cl)cc(Cl)cc1Cl)NCc1ccc(CN2CCOCC2)cc1. The van der Waals surface area contributed by atoms with Gasteiger partial charge in [-0.15, -0.1) is 0 Å². The molecule has 2 unspecified atom stereocenters. The zero-order chi connectivity index (χ0) is 27.1. The number of amides is 1. The van der Waals surface area contributed by atoms with Gasteiger partial charge in [-0.25, -0.2) is 8.42 Å². The summed E-state index contributed by atoms with van der Waals surface area (Å²) >= 11 is 18.4. The largest absolute Gasteiger partial charge is 0.379 e. The lowest BCUT2D eigenvalue weighted by atomic mass is 10.1. The fourth-order valence-corrected chi connectivity index (χ4v) is 7.91. The Balaban J connectivity index is 1.37. The standard InChI is InChI=1S/C26H32Cl3N3O5S/c27-20-13-21(28)25(22(29)14-20)38(34,35)26(23-3-1-2-8-30-23)37-17-24(33)31-15-18-4-6-19(7-5-18)16-32-9-11-36-12-10-32/h4-7,13-14,23,26,30H,1-3,8-12,15-17H2,(H,31,33). The monoisotopic (exact) mass is 603 g/mol. The molecule has 12 heteroatoms. The predicted molar refractivity (Wildman–Crippen MR) is 148 cm³/mol.